The van der Waals surface area contributed by atoms with Crippen molar-refractivity contribution in [3.8, 4) is 0 Å². The Balaban J connectivity index is 1.71. The monoisotopic (exact) mass is 321 g/mol. The summed E-state index contributed by atoms with van der Waals surface area (Å²) in [6, 6.07) is 8.43. The minimum Gasteiger partial charge on any atom is -0.339 e. The van der Waals surface area contributed by atoms with E-state index >= 15 is 0 Å². The predicted molar refractivity (Wildman–Crippen MR) is 75.8 cm³/mol. The molecule has 3 rings (SSSR count). The molecule has 0 amide bonds. The molecule has 2 N–H and O–H groups in total. The summed E-state index contributed by atoms with van der Waals surface area (Å²) in [5.74, 6) is 1.84. The van der Waals surface area contributed by atoms with E-state index in [0.29, 0.717) is 12.3 Å². The SMILES string of the molecule is N[C@H]1CC[C@@H](c2nc(Cc3cccc(Br)c3)no2)C1. The van der Waals surface area contributed by atoms with Crippen LogP contribution in [0.3, 0.4) is 0 Å². The van der Waals surface area contributed by atoms with Crippen LogP contribution in [0, 0.1) is 0 Å². The third-order valence-corrected chi connectivity index (χ3v) is 4.05. The van der Waals surface area contributed by atoms with E-state index in [9.17, 15) is 0 Å². The fourth-order valence-corrected chi connectivity index (χ4v) is 3.02. The largest absolute Gasteiger partial charge is 0.339 e. The standard InChI is InChI=1S/C14H16BrN3O/c15-11-3-1-2-9(6-11)7-13-17-14(19-18-13)10-4-5-12(16)8-10/h1-3,6,10,12H,4-5,7-8,16H2/t10-,12+/m1/s1. The molecule has 0 radical (unpaired) electrons. The molecule has 0 unspecified atom stereocenters. The Hall–Kier alpha value is -1.20. The second-order valence-corrected chi connectivity index (χ2v) is 6.04. The molecule has 0 aliphatic heterocycles. The van der Waals surface area contributed by atoms with Crippen LogP contribution in [-0.2, 0) is 6.42 Å². The Morgan fingerprint density at radius 1 is 1.37 bits per heavy atom. The quantitative estimate of drug-likeness (QED) is 0.943. The minimum absolute atomic E-state index is 0.283. The van der Waals surface area contributed by atoms with Crippen LogP contribution in [0.2, 0.25) is 0 Å². The Kier molecular flexibility index (Phi) is 3.66. The average Bonchev–Trinajstić information content (AvgIpc) is 2.98. The van der Waals surface area contributed by atoms with Crippen molar-refractivity contribution in [3.05, 3.63) is 46.0 Å². The van der Waals surface area contributed by atoms with E-state index in [1.165, 1.54) is 5.56 Å². The van der Waals surface area contributed by atoms with Gasteiger partial charge in [-0.1, -0.05) is 33.2 Å². The van der Waals surface area contributed by atoms with Gasteiger partial charge < -0.3 is 10.3 Å². The van der Waals surface area contributed by atoms with E-state index in [1.807, 2.05) is 12.1 Å². The van der Waals surface area contributed by atoms with Crippen LogP contribution in [0.5, 0.6) is 0 Å². The number of nitrogens with two attached hydrogens (primary N) is 1. The summed E-state index contributed by atoms with van der Waals surface area (Å²) in [6.07, 6.45) is 3.76. The zero-order valence-corrected chi connectivity index (χ0v) is 12.1. The van der Waals surface area contributed by atoms with E-state index in [2.05, 4.69) is 38.2 Å². The van der Waals surface area contributed by atoms with Crippen molar-refractivity contribution < 1.29 is 4.52 Å². The van der Waals surface area contributed by atoms with Gasteiger partial charge in [0, 0.05) is 22.9 Å². The van der Waals surface area contributed by atoms with Gasteiger partial charge in [0.05, 0.1) is 0 Å². The topological polar surface area (TPSA) is 64.9 Å². The maximum Gasteiger partial charge on any atom is 0.229 e. The maximum absolute atomic E-state index is 5.91. The number of aromatic nitrogens is 2. The lowest BCUT2D eigenvalue weighted by atomic mass is 10.1. The van der Waals surface area contributed by atoms with Gasteiger partial charge in [0.25, 0.3) is 0 Å². The van der Waals surface area contributed by atoms with E-state index in [0.717, 1.165) is 35.5 Å². The van der Waals surface area contributed by atoms with Crippen LogP contribution < -0.4 is 5.73 Å². The van der Waals surface area contributed by atoms with Gasteiger partial charge in [-0.3, -0.25) is 0 Å². The van der Waals surface area contributed by atoms with Crippen molar-refractivity contribution >= 4 is 15.9 Å². The fourth-order valence-electron chi connectivity index (χ4n) is 2.58. The molecular formula is C14H16BrN3O. The predicted octanol–water partition coefficient (Wildman–Crippen LogP) is 3.02. The Bertz CT molecular complexity index is 569. The lowest BCUT2D eigenvalue weighted by Gasteiger charge is -2.01. The Labute approximate surface area is 120 Å². The summed E-state index contributed by atoms with van der Waals surface area (Å²) in [5.41, 5.74) is 7.09. The molecular weight excluding hydrogens is 306 g/mol. The molecule has 1 aromatic heterocycles. The summed E-state index contributed by atoms with van der Waals surface area (Å²) in [7, 11) is 0. The van der Waals surface area contributed by atoms with Crippen LogP contribution in [0.1, 0.15) is 42.5 Å². The molecule has 1 aliphatic rings. The van der Waals surface area contributed by atoms with Gasteiger partial charge in [0.1, 0.15) is 0 Å². The summed E-state index contributed by atoms with van der Waals surface area (Å²) in [6.45, 7) is 0. The highest BCUT2D eigenvalue weighted by molar-refractivity contribution is 9.10. The Morgan fingerprint density at radius 2 is 2.26 bits per heavy atom. The number of benzene rings is 1. The number of hydrogen-bond acceptors (Lipinski definition) is 4. The molecule has 0 bridgehead atoms. The lowest BCUT2D eigenvalue weighted by molar-refractivity contribution is 0.350. The number of halogens is 1. The zero-order valence-electron chi connectivity index (χ0n) is 10.6. The van der Waals surface area contributed by atoms with Gasteiger partial charge in [-0.2, -0.15) is 4.98 Å². The highest BCUT2D eigenvalue weighted by atomic mass is 79.9. The zero-order chi connectivity index (χ0) is 13.2. The summed E-state index contributed by atoms with van der Waals surface area (Å²) in [5, 5.41) is 4.07. The molecule has 1 saturated carbocycles. The highest BCUT2D eigenvalue weighted by Crippen LogP contribution is 2.32. The molecule has 5 heteroatoms. The van der Waals surface area contributed by atoms with Crippen molar-refractivity contribution in [3.63, 3.8) is 0 Å². The molecule has 0 saturated heterocycles. The molecule has 1 aliphatic carbocycles. The van der Waals surface area contributed by atoms with Gasteiger partial charge in [0.2, 0.25) is 5.89 Å². The lowest BCUT2D eigenvalue weighted by Crippen LogP contribution is -2.14. The molecule has 1 heterocycles. The first-order valence-electron chi connectivity index (χ1n) is 6.53. The fraction of sp³-hybridized carbons (Fsp3) is 0.429. The summed E-state index contributed by atoms with van der Waals surface area (Å²) in [4.78, 5) is 4.50. The van der Waals surface area contributed by atoms with Crippen molar-refractivity contribution in [2.45, 2.75) is 37.6 Å². The highest BCUT2D eigenvalue weighted by Gasteiger charge is 2.27. The first-order valence-corrected chi connectivity index (χ1v) is 7.32. The number of rotatable bonds is 3. The van der Waals surface area contributed by atoms with Crippen LogP contribution in [0.25, 0.3) is 0 Å². The van der Waals surface area contributed by atoms with Gasteiger partial charge in [-0.15, -0.1) is 0 Å². The molecule has 4 nitrogen and oxygen atoms in total. The second kappa shape index (κ2) is 5.43. The van der Waals surface area contributed by atoms with Crippen LogP contribution in [0.4, 0.5) is 0 Å². The van der Waals surface area contributed by atoms with Crippen molar-refractivity contribution in [1.82, 2.24) is 10.1 Å². The van der Waals surface area contributed by atoms with Gasteiger partial charge in [0.15, 0.2) is 5.82 Å². The van der Waals surface area contributed by atoms with Gasteiger partial charge in [-0.05, 0) is 37.0 Å². The molecule has 19 heavy (non-hydrogen) atoms. The van der Waals surface area contributed by atoms with E-state index in [1.54, 1.807) is 0 Å². The van der Waals surface area contributed by atoms with Crippen LogP contribution >= 0.6 is 15.9 Å². The second-order valence-electron chi connectivity index (χ2n) is 5.13. The molecule has 100 valence electrons. The normalized spacial score (nSPS) is 22.8. The molecule has 0 spiro atoms. The molecule has 2 atom stereocenters. The number of nitrogens with zero attached hydrogens (tertiary/aromatic N) is 2. The van der Waals surface area contributed by atoms with Crippen LogP contribution in [0.15, 0.2) is 33.3 Å². The molecule has 1 aromatic carbocycles. The summed E-state index contributed by atoms with van der Waals surface area (Å²) < 4.78 is 6.44. The minimum atomic E-state index is 0.283. The third-order valence-electron chi connectivity index (χ3n) is 3.56. The van der Waals surface area contributed by atoms with Crippen molar-refractivity contribution in [1.29, 1.82) is 0 Å². The maximum atomic E-state index is 5.91. The van der Waals surface area contributed by atoms with E-state index < -0.39 is 0 Å². The average molecular weight is 322 g/mol. The van der Waals surface area contributed by atoms with Gasteiger partial charge >= 0.3 is 0 Å². The summed E-state index contributed by atoms with van der Waals surface area (Å²) >= 11 is 3.46. The molecule has 2 aromatic rings. The Morgan fingerprint density at radius 3 is 3.00 bits per heavy atom. The first-order chi connectivity index (χ1) is 9.20. The van der Waals surface area contributed by atoms with Crippen molar-refractivity contribution in [2.75, 3.05) is 0 Å². The molecule has 1 fully saturated rings. The van der Waals surface area contributed by atoms with E-state index in [-0.39, 0.29) is 6.04 Å². The first kappa shape index (κ1) is 12.8. The van der Waals surface area contributed by atoms with Crippen molar-refractivity contribution in [2.24, 2.45) is 5.73 Å². The van der Waals surface area contributed by atoms with E-state index in [4.69, 9.17) is 10.3 Å². The van der Waals surface area contributed by atoms with Crippen LogP contribution in [-0.4, -0.2) is 16.2 Å². The smallest absolute Gasteiger partial charge is 0.229 e. The number of hydrogen-bond donors (Lipinski definition) is 1. The third kappa shape index (κ3) is 3.04. The van der Waals surface area contributed by atoms with Gasteiger partial charge in [-0.25, -0.2) is 0 Å².